The number of ketones is 1. The Labute approximate surface area is 207 Å². The van der Waals surface area contributed by atoms with Crippen molar-refractivity contribution in [1.82, 2.24) is 24.8 Å². The molecule has 8 nitrogen and oxygen atoms in total. The molecule has 9 heteroatoms. The number of hydrogen-bond acceptors (Lipinski definition) is 6. The molecule has 0 atom stereocenters. The monoisotopic (exact) mass is 487 g/mol. The van der Waals surface area contributed by atoms with Crippen molar-refractivity contribution in [2.24, 2.45) is 0 Å². The number of aromatic amines is 1. The lowest BCUT2D eigenvalue weighted by Crippen LogP contribution is -2.47. The van der Waals surface area contributed by atoms with Crippen LogP contribution in [0.15, 0.2) is 60.9 Å². The quantitative estimate of drug-likeness (QED) is 0.428. The lowest BCUT2D eigenvalue weighted by molar-refractivity contribution is -0.117. The van der Waals surface area contributed by atoms with E-state index in [1.54, 1.807) is 30.3 Å². The maximum absolute atomic E-state index is 13.1. The van der Waals surface area contributed by atoms with Gasteiger partial charge in [-0.2, -0.15) is 0 Å². The van der Waals surface area contributed by atoms with Crippen molar-refractivity contribution in [1.29, 1.82) is 0 Å². The van der Waals surface area contributed by atoms with Crippen molar-refractivity contribution in [2.45, 2.75) is 12.8 Å². The maximum atomic E-state index is 13.1. The predicted octanol–water partition coefficient (Wildman–Crippen LogP) is 3.63. The highest BCUT2D eigenvalue weighted by atomic mass is 19.1. The van der Waals surface area contributed by atoms with Gasteiger partial charge < -0.3 is 19.5 Å². The minimum atomic E-state index is -0.319. The number of H-pyrrole nitrogens is 1. The van der Waals surface area contributed by atoms with Crippen molar-refractivity contribution >= 4 is 22.7 Å². The van der Waals surface area contributed by atoms with E-state index >= 15 is 0 Å². The van der Waals surface area contributed by atoms with E-state index in [4.69, 9.17) is 4.74 Å². The summed E-state index contributed by atoms with van der Waals surface area (Å²) in [4.78, 5) is 41.0. The number of rotatable bonds is 7. The van der Waals surface area contributed by atoms with E-state index in [2.05, 4.69) is 19.9 Å². The topological polar surface area (TPSA) is 91.4 Å². The molecule has 3 heterocycles. The third-order valence-electron chi connectivity index (χ3n) is 6.26. The van der Waals surface area contributed by atoms with E-state index in [0.29, 0.717) is 41.4 Å². The van der Waals surface area contributed by atoms with E-state index in [9.17, 15) is 14.0 Å². The average Bonchev–Trinajstić information content (AvgIpc) is 3.32. The van der Waals surface area contributed by atoms with Gasteiger partial charge in [0.05, 0.1) is 5.39 Å². The van der Waals surface area contributed by atoms with Gasteiger partial charge in [0, 0.05) is 39.0 Å². The fourth-order valence-corrected chi connectivity index (χ4v) is 4.20. The number of amides is 1. The number of carbonyl (C=O) groups is 2. The van der Waals surface area contributed by atoms with Gasteiger partial charge in [0.2, 0.25) is 5.88 Å². The smallest absolute Gasteiger partial charge is 0.270 e. The number of benzene rings is 2. The number of fused-ring (bicyclic) bond motifs is 1. The van der Waals surface area contributed by atoms with E-state index in [1.807, 2.05) is 24.1 Å². The molecular formula is C27H26FN5O3. The van der Waals surface area contributed by atoms with Gasteiger partial charge in [-0.3, -0.25) is 9.59 Å². The molecule has 5 rings (SSSR count). The van der Waals surface area contributed by atoms with Crippen LogP contribution in [0.3, 0.4) is 0 Å². The molecule has 1 aliphatic rings. The summed E-state index contributed by atoms with van der Waals surface area (Å²) in [5, 5.41) is 0.619. The van der Waals surface area contributed by atoms with Crippen LogP contribution < -0.4 is 4.74 Å². The fourth-order valence-electron chi connectivity index (χ4n) is 4.20. The number of ether oxygens (including phenoxy) is 1. The standard InChI is InChI=1S/C27H26FN5O3/c1-32-10-12-33(13-11-32)27(35)24-16-23-25(31-24)29-17-30-26(23)36-22-8-4-19(5-9-22)15-21(34)14-18-2-6-20(28)7-3-18/h2-9,16-17H,10-15H2,1H3,(H,29,30,31). The summed E-state index contributed by atoms with van der Waals surface area (Å²) >= 11 is 0. The van der Waals surface area contributed by atoms with Gasteiger partial charge in [-0.15, -0.1) is 0 Å². The Morgan fingerprint density at radius 1 is 0.944 bits per heavy atom. The van der Waals surface area contributed by atoms with Gasteiger partial charge in [-0.05, 0) is 48.5 Å². The Morgan fingerprint density at radius 2 is 1.58 bits per heavy atom. The van der Waals surface area contributed by atoms with Crippen LogP contribution >= 0.6 is 0 Å². The second-order valence-electron chi connectivity index (χ2n) is 8.98. The van der Waals surface area contributed by atoms with Gasteiger partial charge in [0.25, 0.3) is 5.91 Å². The third-order valence-corrected chi connectivity index (χ3v) is 6.26. The van der Waals surface area contributed by atoms with Crippen LogP contribution in [0.4, 0.5) is 4.39 Å². The van der Waals surface area contributed by atoms with Crippen LogP contribution in [0.5, 0.6) is 11.6 Å². The summed E-state index contributed by atoms with van der Waals surface area (Å²) in [5.41, 5.74) is 2.62. The molecule has 0 bridgehead atoms. The van der Waals surface area contributed by atoms with Crippen LogP contribution in [-0.4, -0.2) is 69.7 Å². The number of halogens is 1. The van der Waals surface area contributed by atoms with Crippen LogP contribution in [0.25, 0.3) is 11.0 Å². The molecule has 0 aliphatic carbocycles. The summed E-state index contributed by atoms with van der Waals surface area (Å²) in [5.74, 6) is 0.547. The van der Waals surface area contributed by atoms with Crippen LogP contribution in [0, 0.1) is 5.82 Å². The average molecular weight is 488 g/mol. The van der Waals surface area contributed by atoms with Crippen molar-refractivity contribution in [3.63, 3.8) is 0 Å². The molecule has 0 saturated carbocycles. The molecule has 1 saturated heterocycles. The second kappa shape index (κ2) is 10.2. The Morgan fingerprint density at radius 3 is 2.25 bits per heavy atom. The zero-order valence-corrected chi connectivity index (χ0v) is 19.9. The van der Waals surface area contributed by atoms with E-state index < -0.39 is 0 Å². The number of nitrogens with zero attached hydrogens (tertiary/aromatic N) is 4. The lowest BCUT2D eigenvalue weighted by Gasteiger charge is -2.32. The zero-order valence-electron chi connectivity index (χ0n) is 19.9. The number of nitrogens with one attached hydrogen (secondary N) is 1. The van der Waals surface area contributed by atoms with Crippen molar-refractivity contribution in [3.05, 3.63) is 83.6 Å². The summed E-state index contributed by atoms with van der Waals surface area (Å²) in [6, 6.07) is 14.9. The maximum Gasteiger partial charge on any atom is 0.270 e. The predicted molar refractivity (Wildman–Crippen MR) is 133 cm³/mol. The zero-order chi connectivity index (χ0) is 25.1. The molecule has 1 N–H and O–H groups in total. The molecule has 0 radical (unpaired) electrons. The van der Waals surface area contributed by atoms with Crippen molar-refractivity contribution < 1.29 is 18.7 Å². The minimum absolute atomic E-state index is 0.0395. The molecule has 0 unspecified atom stereocenters. The molecular weight excluding hydrogens is 461 g/mol. The highest BCUT2D eigenvalue weighted by Gasteiger charge is 2.23. The Bertz CT molecular complexity index is 1380. The Kier molecular flexibility index (Phi) is 6.73. The van der Waals surface area contributed by atoms with Crippen LogP contribution in [-0.2, 0) is 17.6 Å². The number of aromatic nitrogens is 3. The Hall–Kier alpha value is -4.11. The second-order valence-corrected chi connectivity index (χ2v) is 8.98. The van der Waals surface area contributed by atoms with Crippen LogP contribution in [0.2, 0.25) is 0 Å². The van der Waals surface area contributed by atoms with Crippen LogP contribution in [0.1, 0.15) is 21.6 Å². The van der Waals surface area contributed by atoms with Gasteiger partial charge in [-0.25, -0.2) is 14.4 Å². The van der Waals surface area contributed by atoms with Gasteiger partial charge in [-0.1, -0.05) is 24.3 Å². The normalized spacial score (nSPS) is 14.2. The van der Waals surface area contributed by atoms with E-state index in [0.717, 1.165) is 24.2 Å². The molecule has 2 aromatic heterocycles. The number of likely N-dealkylation sites (N-methyl/N-ethyl adjacent to an activating group) is 1. The lowest BCUT2D eigenvalue weighted by atomic mass is 10.0. The van der Waals surface area contributed by atoms with Gasteiger partial charge in [0.15, 0.2) is 0 Å². The molecule has 2 aromatic carbocycles. The highest BCUT2D eigenvalue weighted by molar-refractivity contribution is 5.98. The first-order valence-electron chi connectivity index (χ1n) is 11.8. The molecule has 1 aliphatic heterocycles. The molecule has 1 amide bonds. The number of Topliss-reactive ketones (excluding diaryl/α,β-unsaturated/α-hetero) is 1. The Balaban J connectivity index is 1.25. The summed E-state index contributed by atoms with van der Waals surface area (Å²) in [7, 11) is 2.04. The SMILES string of the molecule is CN1CCN(C(=O)c2cc3c(Oc4ccc(CC(=O)Cc5ccc(F)cc5)cc4)ncnc3[nH]2)CC1. The minimum Gasteiger partial charge on any atom is -0.438 e. The summed E-state index contributed by atoms with van der Waals surface area (Å²) < 4.78 is 19.0. The third kappa shape index (κ3) is 5.41. The van der Waals surface area contributed by atoms with Crippen molar-refractivity contribution in [3.8, 4) is 11.6 Å². The van der Waals surface area contributed by atoms with Gasteiger partial charge >= 0.3 is 0 Å². The fraction of sp³-hybridized carbons (Fsp3) is 0.259. The largest absolute Gasteiger partial charge is 0.438 e. The molecule has 36 heavy (non-hydrogen) atoms. The summed E-state index contributed by atoms with van der Waals surface area (Å²) in [6.45, 7) is 3.04. The molecule has 4 aromatic rings. The van der Waals surface area contributed by atoms with Gasteiger partial charge in [0.1, 0.15) is 35.0 Å². The summed E-state index contributed by atoms with van der Waals surface area (Å²) in [6.07, 6.45) is 1.91. The first-order valence-corrected chi connectivity index (χ1v) is 11.8. The first kappa shape index (κ1) is 23.6. The molecule has 184 valence electrons. The van der Waals surface area contributed by atoms with Crippen molar-refractivity contribution in [2.75, 3.05) is 33.2 Å². The highest BCUT2D eigenvalue weighted by Crippen LogP contribution is 2.28. The molecule has 0 spiro atoms. The van der Waals surface area contributed by atoms with E-state index in [1.165, 1.54) is 18.5 Å². The number of hydrogen-bond donors (Lipinski definition) is 1. The first-order chi connectivity index (χ1) is 17.4. The number of carbonyl (C=O) groups excluding carboxylic acids is 2. The molecule has 1 fully saturated rings. The van der Waals surface area contributed by atoms with E-state index in [-0.39, 0.29) is 30.3 Å². The number of piperazine rings is 1.